The Balaban J connectivity index is 2.27. The average Bonchev–Trinajstić information content (AvgIpc) is 2.91. The Kier molecular flexibility index (Phi) is 3.94. The first-order valence-electron chi connectivity index (χ1n) is 5.73. The van der Waals surface area contributed by atoms with Crippen LogP contribution in [-0.4, -0.2) is 11.7 Å². The Labute approximate surface area is 106 Å². The third-order valence-corrected chi connectivity index (χ3v) is 3.89. The van der Waals surface area contributed by atoms with Gasteiger partial charge in [-0.2, -0.15) is 0 Å². The van der Waals surface area contributed by atoms with Crippen LogP contribution >= 0.6 is 11.3 Å². The number of hydrogen-bond acceptors (Lipinski definition) is 3. The molecule has 2 rings (SSSR count). The summed E-state index contributed by atoms with van der Waals surface area (Å²) in [6.45, 7) is 2.72. The molecule has 3 N–H and O–H groups in total. The van der Waals surface area contributed by atoms with Crippen molar-refractivity contribution < 1.29 is 5.11 Å². The summed E-state index contributed by atoms with van der Waals surface area (Å²) in [4.78, 5) is 0.975. The number of hydrogen-bond donors (Lipinski definition) is 2. The minimum absolute atomic E-state index is 0.325. The van der Waals surface area contributed by atoms with Gasteiger partial charge in [0.2, 0.25) is 0 Å². The van der Waals surface area contributed by atoms with Crippen molar-refractivity contribution in [3.63, 3.8) is 0 Å². The number of rotatable bonds is 4. The first-order valence-corrected chi connectivity index (χ1v) is 6.61. The zero-order valence-corrected chi connectivity index (χ0v) is 10.7. The van der Waals surface area contributed by atoms with Gasteiger partial charge in [-0.15, -0.1) is 11.3 Å². The van der Waals surface area contributed by atoms with Crippen molar-refractivity contribution in [2.75, 3.05) is 6.54 Å². The summed E-state index contributed by atoms with van der Waals surface area (Å²) in [5.41, 5.74) is 7.78. The molecular formula is C14H17NOS. The van der Waals surface area contributed by atoms with Gasteiger partial charge in [0.05, 0.1) is 0 Å². The fourth-order valence-electron chi connectivity index (χ4n) is 1.78. The lowest BCUT2D eigenvalue weighted by atomic mass is 9.97. The van der Waals surface area contributed by atoms with E-state index >= 15 is 0 Å². The van der Waals surface area contributed by atoms with Crippen LogP contribution in [-0.2, 0) is 0 Å². The average molecular weight is 247 g/mol. The highest BCUT2D eigenvalue weighted by atomic mass is 32.1. The summed E-state index contributed by atoms with van der Waals surface area (Å²) >= 11 is 1.57. The van der Waals surface area contributed by atoms with Crippen LogP contribution in [0.2, 0.25) is 0 Å². The fraction of sp³-hybridized carbons (Fsp3) is 0.286. The third kappa shape index (κ3) is 2.75. The zero-order valence-electron chi connectivity index (χ0n) is 9.84. The molecule has 2 atom stereocenters. The normalized spacial score (nSPS) is 14.5. The predicted molar refractivity (Wildman–Crippen MR) is 72.3 cm³/mol. The van der Waals surface area contributed by atoms with Crippen LogP contribution in [0.5, 0.6) is 0 Å². The van der Waals surface area contributed by atoms with Crippen LogP contribution in [0.15, 0.2) is 41.8 Å². The van der Waals surface area contributed by atoms with E-state index in [0.717, 1.165) is 10.4 Å². The number of nitrogens with two attached hydrogens (primary N) is 1. The molecule has 0 saturated carbocycles. The summed E-state index contributed by atoms with van der Waals surface area (Å²) in [5.74, 6) is 0.325. The van der Waals surface area contributed by atoms with Gasteiger partial charge in [-0.05, 0) is 35.0 Å². The van der Waals surface area contributed by atoms with Gasteiger partial charge in [-0.25, -0.2) is 0 Å². The Hall–Kier alpha value is -1.16. The van der Waals surface area contributed by atoms with Crippen molar-refractivity contribution in [2.24, 2.45) is 5.73 Å². The van der Waals surface area contributed by atoms with Crippen LogP contribution in [0.25, 0.3) is 0 Å². The lowest BCUT2D eigenvalue weighted by molar-refractivity contribution is 0.224. The summed E-state index contributed by atoms with van der Waals surface area (Å²) in [6.07, 6.45) is -0.528. The van der Waals surface area contributed by atoms with E-state index in [-0.39, 0.29) is 0 Å². The molecule has 0 saturated heterocycles. The standard InChI is InChI=1S/C14H17NOS/c1-10(9-15)11-4-2-5-12(8-11)14(16)13-6-3-7-17-13/h2-8,10,14,16H,9,15H2,1H3. The van der Waals surface area contributed by atoms with Crippen LogP contribution in [0.4, 0.5) is 0 Å². The number of thiophene rings is 1. The van der Waals surface area contributed by atoms with Crippen molar-refractivity contribution >= 4 is 11.3 Å². The summed E-state index contributed by atoms with van der Waals surface area (Å²) in [7, 11) is 0. The molecule has 0 fully saturated rings. The van der Waals surface area contributed by atoms with E-state index in [2.05, 4.69) is 13.0 Å². The maximum absolute atomic E-state index is 10.2. The molecule has 0 aliphatic rings. The predicted octanol–water partition coefficient (Wildman–Crippen LogP) is 2.89. The molecule has 0 spiro atoms. The first-order chi connectivity index (χ1) is 8.22. The molecule has 0 amide bonds. The highest BCUT2D eigenvalue weighted by Gasteiger charge is 2.12. The molecule has 2 unspecified atom stereocenters. The molecule has 0 aliphatic carbocycles. The van der Waals surface area contributed by atoms with Crippen LogP contribution in [0.1, 0.15) is 34.9 Å². The number of aliphatic hydroxyl groups excluding tert-OH is 1. The van der Waals surface area contributed by atoms with Gasteiger partial charge in [0.25, 0.3) is 0 Å². The van der Waals surface area contributed by atoms with Crippen LogP contribution in [0.3, 0.4) is 0 Å². The quantitative estimate of drug-likeness (QED) is 0.872. The van der Waals surface area contributed by atoms with Gasteiger partial charge in [-0.3, -0.25) is 0 Å². The Bertz CT molecular complexity index is 467. The van der Waals surface area contributed by atoms with E-state index in [0.29, 0.717) is 12.5 Å². The molecule has 3 heteroatoms. The summed E-state index contributed by atoms with van der Waals surface area (Å²) in [6, 6.07) is 11.9. The van der Waals surface area contributed by atoms with Crippen molar-refractivity contribution in [3.05, 3.63) is 57.8 Å². The molecule has 0 aliphatic heterocycles. The fourth-order valence-corrected chi connectivity index (χ4v) is 2.52. The highest BCUT2D eigenvalue weighted by Crippen LogP contribution is 2.27. The van der Waals surface area contributed by atoms with E-state index in [1.54, 1.807) is 11.3 Å². The zero-order chi connectivity index (χ0) is 12.3. The maximum atomic E-state index is 10.2. The lowest BCUT2D eigenvalue weighted by Gasteiger charge is -2.13. The van der Waals surface area contributed by atoms with Crippen molar-refractivity contribution in [3.8, 4) is 0 Å². The van der Waals surface area contributed by atoms with E-state index in [1.165, 1.54) is 5.56 Å². The van der Waals surface area contributed by atoms with E-state index in [9.17, 15) is 5.11 Å². The second-order valence-corrected chi connectivity index (χ2v) is 5.20. The second-order valence-electron chi connectivity index (χ2n) is 4.22. The molecule has 17 heavy (non-hydrogen) atoms. The minimum Gasteiger partial charge on any atom is -0.383 e. The molecular weight excluding hydrogens is 230 g/mol. The van der Waals surface area contributed by atoms with E-state index < -0.39 is 6.10 Å². The van der Waals surface area contributed by atoms with Gasteiger partial charge >= 0.3 is 0 Å². The van der Waals surface area contributed by atoms with Gasteiger partial charge in [0, 0.05) is 4.88 Å². The van der Waals surface area contributed by atoms with Crippen molar-refractivity contribution in [1.82, 2.24) is 0 Å². The first kappa shape index (κ1) is 12.3. The summed E-state index contributed by atoms with van der Waals surface area (Å²) in [5, 5.41) is 12.2. The molecule has 2 aromatic rings. The maximum Gasteiger partial charge on any atom is 0.113 e. The van der Waals surface area contributed by atoms with Crippen molar-refractivity contribution in [1.29, 1.82) is 0 Å². The topological polar surface area (TPSA) is 46.2 Å². The minimum atomic E-state index is -0.528. The highest BCUT2D eigenvalue weighted by molar-refractivity contribution is 7.10. The van der Waals surface area contributed by atoms with Crippen LogP contribution < -0.4 is 5.73 Å². The smallest absolute Gasteiger partial charge is 0.113 e. The molecule has 0 bridgehead atoms. The summed E-state index contributed by atoms with van der Waals surface area (Å²) < 4.78 is 0. The molecule has 0 radical (unpaired) electrons. The van der Waals surface area contributed by atoms with E-state index in [4.69, 9.17) is 5.73 Å². The monoisotopic (exact) mass is 247 g/mol. The Morgan fingerprint density at radius 2 is 2.00 bits per heavy atom. The molecule has 2 nitrogen and oxygen atoms in total. The number of aliphatic hydroxyl groups is 1. The number of benzene rings is 1. The van der Waals surface area contributed by atoms with Crippen molar-refractivity contribution in [2.45, 2.75) is 18.9 Å². The molecule has 1 aromatic carbocycles. The van der Waals surface area contributed by atoms with E-state index in [1.807, 2.05) is 35.7 Å². The van der Waals surface area contributed by atoms with Gasteiger partial charge in [0.1, 0.15) is 6.10 Å². The molecule has 1 aromatic heterocycles. The third-order valence-electron chi connectivity index (χ3n) is 2.96. The largest absolute Gasteiger partial charge is 0.383 e. The molecule has 1 heterocycles. The van der Waals surface area contributed by atoms with Crippen LogP contribution in [0, 0.1) is 0 Å². The Morgan fingerprint density at radius 3 is 2.65 bits per heavy atom. The van der Waals surface area contributed by atoms with Gasteiger partial charge in [-0.1, -0.05) is 37.3 Å². The van der Waals surface area contributed by atoms with Gasteiger partial charge in [0.15, 0.2) is 0 Å². The van der Waals surface area contributed by atoms with Gasteiger partial charge < -0.3 is 10.8 Å². The molecule has 90 valence electrons. The Morgan fingerprint density at radius 1 is 1.24 bits per heavy atom. The second kappa shape index (κ2) is 5.45. The SMILES string of the molecule is CC(CN)c1cccc(C(O)c2cccs2)c1. The lowest BCUT2D eigenvalue weighted by Crippen LogP contribution is -2.09.